The highest BCUT2D eigenvalue weighted by atomic mass is 79.9. The molecule has 0 unspecified atom stereocenters. The third kappa shape index (κ3) is 1.68. The molecule has 1 aliphatic carbocycles. The molecule has 1 aliphatic rings. The Morgan fingerprint density at radius 3 is 2.56 bits per heavy atom. The van der Waals surface area contributed by atoms with Crippen molar-refractivity contribution in [3.8, 4) is 0 Å². The fraction of sp³-hybridized carbons (Fsp3) is 1.00. The Balaban J connectivity index is 2.49. The van der Waals surface area contributed by atoms with Crippen LogP contribution in [0.5, 0.6) is 0 Å². The second kappa shape index (κ2) is 2.59. The van der Waals surface area contributed by atoms with Crippen molar-refractivity contribution < 1.29 is 5.11 Å². The summed E-state index contributed by atoms with van der Waals surface area (Å²) in [6.45, 7) is 2.07. The lowest BCUT2D eigenvalue weighted by molar-refractivity contribution is 0.101. The van der Waals surface area contributed by atoms with Gasteiger partial charge in [-0.05, 0) is 19.8 Å². The van der Waals surface area contributed by atoms with Crippen molar-refractivity contribution in [3.05, 3.63) is 0 Å². The second-order valence-corrected chi connectivity index (χ2v) is 4.85. The first-order valence-electron chi connectivity index (χ1n) is 3.50. The van der Waals surface area contributed by atoms with E-state index in [2.05, 4.69) is 22.9 Å². The summed E-state index contributed by atoms with van der Waals surface area (Å²) in [7, 11) is 0. The molecule has 2 atom stereocenters. The molecular weight excluding hydrogens is 180 g/mol. The molecule has 0 heterocycles. The molecule has 0 aromatic carbocycles. The molecule has 54 valence electrons. The molecule has 0 spiro atoms. The van der Waals surface area contributed by atoms with E-state index < -0.39 is 0 Å². The summed E-state index contributed by atoms with van der Waals surface area (Å²) < 4.78 is 0.00521. The highest BCUT2D eigenvalue weighted by Gasteiger charge is 2.32. The van der Waals surface area contributed by atoms with Gasteiger partial charge in [-0.3, -0.25) is 0 Å². The predicted octanol–water partition coefficient (Wildman–Crippen LogP) is 2.07. The summed E-state index contributed by atoms with van der Waals surface area (Å²) in [5, 5.41) is 9.39. The fourth-order valence-corrected chi connectivity index (χ4v) is 1.79. The lowest BCUT2D eigenvalue weighted by Crippen LogP contribution is -2.35. The number of hydrogen-bond donors (Lipinski definition) is 1. The van der Waals surface area contributed by atoms with E-state index in [4.69, 9.17) is 0 Å². The van der Waals surface area contributed by atoms with Gasteiger partial charge >= 0.3 is 0 Å². The van der Waals surface area contributed by atoms with Crippen LogP contribution < -0.4 is 0 Å². The quantitative estimate of drug-likeness (QED) is 0.584. The van der Waals surface area contributed by atoms with E-state index in [1.807, 2.05) is 0 Å². The zero-order valence-corrected chi connectivity index (χ0v) is 7.32. The minimum atomic E-state index is -0.133. The fourth-order valence-electron chi connectivity index (χ4n) is 1.28. The van der Waals surface area contributed by atoms with Crippen molar-refractivity contribution in [2.45, 2.75) is 43.0 Å². The standard InChI is InChI=1S/C7H13BrO/c1-7(8)5-3-2-4-6(7)9/h6,9H,2-5H2,1H3/t6-,7-/m1/s1. The number of alkyl halides is 1. The van der Waals surface area contributed by atoms with Crippen molar-refractivity contribution in [2.75, 3.05) is 0 Å². The molecule has 1 N–H and O–H groups in total. The van der Waals surface area contributed by atoms with Crippen LogP contribution in [0.3, 0.4) is 0 Å². The SMILES string of the molecule is C[C@@]1(Br)CCCC[C@H]1O. The summed E-state index contributed by atoms with van der Waals surface area (Å²) in [5.74, 6) is 0. The van der Waals surface area contributed by atoms with Gasteiger partial charge in [0.25, 0.3) is 0 Å². The highest BCUT2D eigenvalue weighted by molar-refractivity contribution is 9.10. The first-order chi connectivity index (χ1) is 4.13. The molecular formula is C7H13BrO. The minimum Gasteiger partial charge on any atom is -0.392 e. The number of aliphatic hydroxyl groups is 1. The Morgan fingerprint density at radius 1 is 1.56 bits per heavy atom. The summed E-state index contributed by atoms with van der Waals surface area (Å²) in [6, 6.07) is 0. The number of rotatable bonds is 0. The molecule has 0 aromatic rings. The molecule has 0 amide bonds. The summed E-state index contributed by atoms with van der Waals surface area (Å²) in [4.78, 5) is 0. The van der Waals surface area contributed by atoms with E-state index in [1.165, 1.54) is 12.8 Å². The normalized spacial score (nSPS) is 45.0. The lowest BCUT2D eigenvalue weighted by Gasteiger charge is -2.32. The van der Waals surface area contributed by atoms with E-state index in [0.717, 1.165) is 12.8 Å². The zero-order chi connectivity index (χ0) is 6.91. The van der Waals surface area contributed by atoms with Gasteiger partial charge in [-0.2, -0.15) is 0 Å². The smallest absolute Gasteiger partial charge is 0.0690 e. The Hall–Kier alpha value is 0.440. The molecule has 0 aromatic heterocycles. The van der Waals surface area contributed by atoms with Gasteiger partial charge in [0.2, 0.25) is 0 Å². The van der Waals surface area contributed by atoms with Crippen LogP contribution in [0.4, 0.5) is 0 Å². The van der Waals surface area contributed by atoms with E-state index >= 15 is 0 Å². The van der Waals surface area contributed by atoms with Gasteiger partial charge in [-0.1, -0.05) is 28.8 Å². The predicted molar refractivity (Wildman–Crippen MR) is 41.8 cm³/mol. The van der Waals surface area contributed by atoms with Crippen molar-refractivity contribution in [2.24, 2.45) is 0 Å². The van der Waals surface area contributed by atoms with E-state index in [-0.39, 0.29) is 10.4 Å². The average molecular weight is 193 g/mol. The highest BCUT2D eigenvalue weighted by Crippen LogP contribution is 2.35. The van der Waals surface area contributed by atoms with Crippen LogP contribution >= 0.6 is 15.9 Å². The van der Waals surface area contributed by atoms with Crippen molar-refractivity contribution in [1.82, 2.24) is 0 Å². The molecule has 1 saturated carbocycles. The Bertz CT molecular complexity index is 101. The van der Waals surface area contributed by atoms with E-state index in [0.29, 0.717) is 0 Å². The van der Waals surface area contributed by atoms with Gasteiger partial charge in [0.1, 0.15) is 0 Å². The summed E-state index contributed by atoms with van der Waals surface area (Å²) in [6.07, 6.45) is 4.36. The van der Waals surface area contributed by atoms with Gasteiger partial charge in [0.15, 0.2) is 0 Å². The zero-order valence-electron chi connectivity index (χ0n) is 5.73. The first-order valence-corrected chi connectivity index (χ1v) is 4.29. The number of halogens is 1. The molecule has 0 bridgehead atoms. The maximum atomic E-state index is 9.39. The van der Waals surface area contributed by atoms with E-state index in [1.54, 1.807) is 0 Å². The summed E-state index contributed by atoms with van der Waals surface area (Å²) in [5.41, 5.74) is 0. The molecule has 0 saturated heterocycles. The Kier molecular flexibility index (Phi) is 2.17. The van der Waals surface area contributed by atoms with Gasteiger partial charge in [0, 0.05) is 4.32 Å². The summed E-state index contributed by atoms with van der Waals surface area (Å²) >= 11 is 3.51. The molecule has 2 heteroatoms. The van der Waals surface area contributed by atoms with Gasteiger partial charge in [-0.25, -0.2) is 0 Å². The molecule has 1 rings (SSSR count). The van der Waals surface area contributed by atoms with E-state index in [9.17, 15) is 5.11 Å². The van der Waals surface area contributed by atoms with Crippen LogP contribution in [0.25, 0.3) is 0 Å². The van der Waals surface area contributed by atoms with Crippen molar-refractivity contribution >= 4 is 15.9 Å². The third-order valence-corrected chi connectivity index (χ3v) is 3.01. The van der Waals surface area contributed by atoms with Crippen LogP contribution in [-0.4, -0.2) is 15.5 Å². The van der Waals surface area contributed by atoms with Crippen LogP contribution in [0.15, 0.2) is 0 Å². The first kappa shape index (κ1) is 7.55. The number of hydrogen-bond acceptors (Lipinski definition) is 1. The van der Waals surface area contributed by atoms with Crippen molar-refractivity contribution in [1.29, 1.82) is 0 Å². The van der Waals surface area contributed by atoms with Crippen LogP contribution in [-0.2, 0) is 0 Å². The van der Waals surface area contributed by atoms with Crippen LogP contribution in [0.2, 0.25) is 0 Å². The largest absolute Gasteiger partial charge is 0.392 e. The maximum absolute atomic E-state index is 9.39. The topological polar surface area (TPSA) is 20.2 Å². The minimum absolute atomic E-state index is 0.00521. The van der Waals surface area contributed by atoms with Gasteiger partial charge in [-0.15, -0.1) is 0 Å². The molecule has 1 fully saturated rings. The van der Waals surface area contributed by atoms with Crippen LogP contribution in [0.1, 0.15) is 32.6 Å². The maximum Gasteiger partial charge on any atom is 0.0690 e. The van der Waals surface area contributed by atoms with Crippen LogP contribution in [0, 0.1) is 0 Å². The average Bonchev–Trinajstić information content (AvgIpc) is 1.77. The Morgan fingerprint density at radius 2 is 2.22 bits per heavy atom. The monoisotopic (exact) mass is 192 g/mol. The molecule has 0 radical (unpaired) electrons. The Labute approximate surface area is 64.6 Å². The van der Waals surface area contributed by atoms with Crippen molar-refractivity contribution in [3.63, 3.8) is 0 Å². The van der Waals surface area contributed by atoms with Gasteiger partial charge < -0.3 is 5.11 Å². The molecule has 9 heavy (non-hydrogen) atoms. The number of aliphatic hydroxyl groups excluding tert-OH is 1. The lowest BCUT2D eigenvalue weighted by atomic mass is 9.88. The van der Waals surface area contributed by atoms with Gasteiger partial charge in [0.05, 0.1) is 6.10 Å². The molecule has 1 nitrogen and oxygen atoms in total. The molecule has 0 aliphatic heterocycles. The second-order valence-electron chi connectivity index (χ2n) is 3.04. The third-order valence-electron chi connectivity index (χ3n) is 2.09.